The Kier molecular flexibility index (Phi) is 9.30. The van der Waals surface area contributed by atoms with E-state index in [1.807, 2.05) is 0 Å². The minimum Gasteiger partial charge on any atom is -0.310 e. The smallest absolute Gasteiger partial charge is 0.0540 e. The van der Waals surface area contributed by atoms with Gasteiger partial charge in [0.25, 0.3) is 0 Å². The van der Waals surface area contributed by atoms with Gasteiger partial charge in [0.1, 0.15) is 0 Å². The summed E-state index contributed by atoms with van der Waals surface area (Å²) in [6.07, 6.45) is 4.67. The van der Waals surface area contributed by atoms with Crippen molar-refractivity contribution in [3.05, 3.63) is 254 Å². The second-order valence-electron chi connectivity index (χ2n) is 15.4. The fraction of sp³-hybridized carbons (Fsp3) is 0. The molecule has 0 fully saturated rings. The largest absolute Gasteiger partial charge is 0.310 e. The van der Waals surface area contributed by atoms with Gasteiger partial charge in [-0.05, 0) is 107 Å². The van der Waals surface area contributed by atoms with Crippen molar-refractivity contribution in [1.82, 2.24) is 0 Å². The van der Waals surface area contributed by atoms with E-state index < -0.39 is 10.0 Å². The van der Waals surface area contributed by atoms with Gasteiger partial charge in [-0.25, -0.2) is 0 Å². The lowest BCUT2D eigenvalue weighted by atomic mass is 10.1. The molecule has 61 heavy (non-hydrogen) atoms. The summed E-state index contributed by atoms with van der Waals surface area (Å²) >= 11 is 0. The minimum atomic E-state index is -2.15. The van der Waals surface area contributed by atoms with Gasteiger partial charge in [-0.3, -0.25) is 0 Å². The Labute approximate surface area is 359 Å². The molecule has 0 atom stereocenters. The van der Waals surface area contributed by atoms with E-state index in [0.29, 0.717) is 0 Å². The Morgan fingerprint density at radius 3 is 1.07 bits per heavy atom. The van der Waals surface area contributed by atoms with Crippen LogP contribution >= 0.6 is 10.0 Å². The fourth-order valence-corrected chi connectivity index (χ4v) is 13.4. The normalized spacial score (nSPS) is 13.2. The highest BCUT2D eigenvalue weighted by molar-refractivity contribution is 8.34. The van der Waals surface area contributed by atoms with Crippen LogP contribution in [0.2, 0.25) is 0 Å². The molecule has 290 valence electrons. The molecule has 0 amide bonds. The molecule has 0 N–H and O–H groups in total. The van der Waals surface area contributed by atoms with Crippen LogP contribution in [-0.4, -0.2) is 0 Å². The standard InChI is InChI=1S/C58H42N2S/c1-5-23-47(24-6-1)59(55-33-17-21-43-19-13-15-31-53(43)55)49-39-37-45-35-36-46-38-40-50(60(48-25-7-2-8-26-48)56-34-18-22-44-20-14-16-32-54(44)56)42-58(46)61(57(45)41-49,51-27-9-3-10-28-51)52-29-11-4-12-30-52/h1-42H. The van der Waals surface area contributed by atoms with E-state index in [0.717, 1.165) is 34.1 Å². The van der Waals surface area contributed by atoms with Gasteiger partial charge in [0.15, 0.2) is 0 Å². The second-order valence-corrected chi connectivity index (χ2v) is 18.4. The summed E-state index contributed by atoms with van der Waals surface area (Å²) in [4.78, 5) is 10.0. The number of anilines is 6. The Balaban J connectivity index is 1.22. The van der Waals surface area contributed by atoms with Crippen LogP contribution in [0.4, 0.5) is 34.1 Å². The summed E-state index contributed by atoms with van der Waals surface area (Å²) in [5.41, 5.74) is 9.15. The predicted octanol–water partition coefficient (Wildman–Crippen LogP) is 16.8. The molecule has 0 aliphatic carbocycles. The molecule has 0 bridgehead atoms. The average molecular weight is 799 g/mol. The number of hydrogen-bond acceptors (Lipinski definition) is 2. The highest BCUT2D eigenvalue weighted by Crippen LogP contribution is 2.76. The van der Waals surface area contributed by atoms with Crippen molar-refractivity contribution < 1.29 is 0 Å². The van der Waals surface area contributed by atoms with Crippen molar-refractivity contribution in [2.45, 2.75) is 19.6 Å². The van der Waals surface area contributed by atoms with Crippen LogP contribution in [0.25, 0.3) is 33.7 Å². The summed E-state index contributed by atoms with van der Waals surface area (Å²) in [6.45, 7) is 0. The van der Waals surface area contributed by atoms with Gasteiger partial charge in [0.2, 0.25) is 0 Å². The second kappa shape index (κ2) is 15.5. The molecule has 1 aliphatic rings. The quantitative estimate of drug-likeness (QED) is 0.151. The van der Waals surface area contributed by atoms with E-state index in [-0.39, 0.29) is 0 Å². The SMILES string of the molecule is C1=Cc2ccc(N(c3ccccc3)c3cccc4ccccc34)cc2S(c2ccccc2)(c2ccccc2)c2cc(N(c3ccccc3)c3cccc4ccccc34)ccc21. The molecular formula is C58H42N2S. The number of para-hydroxylation sites is 2. The van der Waals surface area contributed by atoms with Gasteiger partial charge < -0.3 is 9.80 Å². The van der Waals surface area contributed by atoms with Gasteiger partial charge in [-0.2, -0.15) is 0 Å². The van der Waals surface area contributed by atoms with Crippen molar-refractivity contribution in [1.29, 1.82) is 0 Å². The van der Waals surface area contributed by atoms with Crippen molar-refractivity contribution in [3.63, 3.8) is 0 Å². The topological polar surface area (TPSA) is 6.48 Å². The monoisotopic (exact) mass is 798 g/mol. The third-order valence-corrected chi connectivity index (χ3v) is 15.8. The molecule has 3 heteroatoms. The van der Waals surface area contributed by atoms with Crippen LogP contribution in [0.5, 0.6) is 0 Å². The zero-order chi connectivity index (χ0) is 40.6. The van der Waals surface area contributed by atoms with Crippen LogP contribution in [0.1, 0.15) is 11.1 Å². The van der Waals surface area contributed by atoms with Crippen LogP contribution in [0.15, 0.2) is 262 Å². The minimum absolute atomic E-state index is 1.11. The lowest BCUT2D eigenvalue weighted by Gasteiger charge is -2.44. The number of nitrogens with zero attached hydrogens (tertiary/aromatic N) is 2. The Bertz CT molecular complexity index is 2970. The van der Waals surface area contributed by atoms with Gasteiger partial charge in [0, 0.05) is 53.1 Å². The number of benzene rings is 10. The Hall–Kier alpha value is -7.59. The summed E-state index contributed by atoms with van der Waals surface area (Å²) in [5.74, 6) is 0. The van der Waals surface area contributed by atoms with Gasteiger partial charge in [-0.1, -0.05) is 170 Å². The average Bonchev–Trinajstić information content (AvgIpc) is 3.48. The van der Waals surface area contributed by atoms with Gasteiger partial charge >= 0.3 is 0 Å². The van der Waals surface area contributed by atoms with E-state index in [1.165, 1.54) is 52.3 Å². The maximum absolute atomic E-state index is 2.49. The molecule has 2 nitrogen and oxygen atoms in total. The number of fused-ring (bicyclic) bond motifs is 4. The molecule has 0 spiro atoms. The molecule has 0 saturated carbocycles. The third-order valence-electron chi connectivity index (χ3n) is 11.9. The third kappa shape index (κ3) is 6.30. The van der Waals surface area contributed by atoms with Crippen LogP contribution in [0.3, 0.4) is 0 Å². The molecule has 10 aromatic rings. The molecule has 11 rings (SSSR count). The lowest BCUT2D eigenvalue weighted by molar-refractivity contribution is 1.20. The van der Waals surface area contributed by atoms with Crippen LogP contribution in [0, 0.1) is 0 Å². The molecule has 0 aromatic heterocycles. The van der Waals surface area contributed by atoms with Crippen molar-refractivity contribution in [2.24, 2.45) is 0 Å². The first kappa shape index (κ1) is 36.5. The Morgan fingerprint density at radius 2 is 0.639 bits per heavy atom. The number of rotatable bonds is 8. The molecule has 0 saturated heterocycles. The van der Waals surface area contributed by atoms with E-state index in [4.69, 9.17) is 0 Å². The molecule has 0 unspecified atom stereocenters. The van der Waals surface area contributed by atoms with E-state index in [2.05, 4.69) is 265 Å². The highest BCUT2D eigenvalue weighted by atomic mass is 32.3. The van der Waals surface area contributed by atoms with Gasteiger partial charge in [-0.15, -0.1) is 10.0 Å². The summed E-state index contributed by atoms with van der Waals surface area (Å²) < 4.78 is 0. The summed E-state index contributed by atoms with van der Waals surface area (Å²) in [5, 5.41) is 4.83. The first-order valence-corrected chi connectivity index (χ1v) is 22.5. The van der Waals surface area contributed by atoms with E-state index in [1.54, 1.807) is 0 Å². The zero-order valence-electron chi connectivity index (χ0n) is 33.6. The lowest BCUT2D eigenvalue weighted by Crippen LogP contribution is -2.14. The molecular weight excluding hydrogens is 757 g/mol. The van der Waals surface area contributed by atoms with Crippen molar-refractivity contribution in [3.8, 4) is 0 Å². The first-order valence-electron chi connectivity index (χ1n) is 20.8. The maximum Gasteiger partial charge on any atom is 0.0540 e. The van der Waals surface area contributed by atoms with E-state index in [9.17, 15) is 0 Å². The zero-order valence-corrected chi connectivity index (χ0v) is 34.4. The van der Waals surface area contributed by atoms with Crippen LogP contribution in [-0.2, 0) is 0 Å². The number of hydrogen-bond donors (Lipinski definition) is 0. The molecule has 1 heterocycles. The fourth-order valence-electron chi connectivity index (χ4n) is 9.14. The molecule has 10 aromatic carbocycles. The van der Waals surface area contributed by atoms with E-state index >= 15 is 0 Å². The first-order chi connectivity index (χ1) is 30.3. The summed E-state index contributed by atoms with van der Waals surface area (Å²) in [7, 11) is -2.15. The van der Waals surface area contributed by atoms with Crippen molar-refractivity contribution in [2.75, 3.05) is 9.80 Å². The highest BCUT2D eigenvalue weighted by Gasteiger charge is 2.38. The summed E-state index contributed by atoms with van der Waals surface area (Å²) in [6, 6.07) is 89.0. The predicted molar refractivity (Wildman–Crippen MR) is 260 cm³/mol. The van der Waals surface area contributed by atoms with Crippen molar-refractivity contribution >= 4 is 77.8 Å². The molecule has 0 radical (unpaired) electrons. The molecule has 1 aliphatic heterocycles. The maximum atomic E-state index is 2.49. The van der Waals surface area contributed by atoms with Gasteiger partial charge in [0.05, 0.1) is 11.4 Å². The van der Waals surface area contributed by atoms with Crippen LogP contribution < -0.4 is 9.80 Å². The Morgan fingerprint density at radius 1 is 0.279 bits per heavy atom.